The molecule has 0 aromatic rings. The third-order valence-corrected chi connectivity index (χ3v) is 3.43. The van der Waals surface area contributed by atoms with Crippen LogP contribution in [0.3, 0.4) is 0 Å². The van der Waals surface area contributed by atoms with Gasteiger partial charge < -0.3 is 10.6 Å². The Morgan fingerprint density at radius 3 is 2.08 bits per heavy atom. The van der Waals surface area contributed by atoms with Gasteiger partial charge in [0, 0.05) is 12.1 Å². The predicted octanol–water partition coefficient (Wildman–Crippen LogP) is -0.300. The Hall–Kier alpha value is -0.130. The number of sulfone groups is 1. The lowest BCUT2D eigenvalue weighted by atomic mass is 10.1. The lowest BCUT2D eigenvalue weighted by Gasteiger charge is -2.19. The summed E-state index contributed by atoms with van der Waals surface area (Å²) in [6.07, 6.45) is 0. The number of hydrogen-bond acceptors (Lipinski definition) is 4. The van der Waals surface area contributed by atoms with Gasteiger partial charge in [-0.25, -0.2) is 8.42 Å². The summed E-state index contributed by atoms with van der Waals surface area (Å²) in [5.41, 5.74) is 5.00. The van der Waals surface area contributed by atoms with Crippen molar-refractivity contribution >= 4 is 9.84 Å². The monoisotopic (exact) mass is 208 g/mol. The molecule has 0 rings (SSSR count). The van der Waals surface area contributed by atoms with Crippen LogP contribution in [0.25, 0.3) is 0 Å². The molecule has 5 heteroatoms. The van der Waals surface area contributed by atoms with Gasteiger partial charge in [0.1, 0.15) is 0 Å². The molecule has 0 spiro atoms. The second-order valence-corrected chi connectivity index (χ2v) is 6.57. The Labute approximate surface area is 81.0 Å². The fourth-order valence-electron chi connectivity index (χ4n) is 0.961. The van der Waals surface area contributed by atoms with E-state index in [1.807, 2.05) is 19.0 Å². The Kier molecular flexibility index (Phi) is 4.35. The van der Waals surface area contributed by atoms with Crippen molar-refractivity contribution in [1.82, 2.24) is 4.90 Å². The normalized spacial score (nSPS) is 13.7. The molecule has 13 heavy (non-hydrogen) atoms. The van der Waals surface area contributed by atoms with Crippen LogP contribution in [0.2, 0.25) is 0 Å². The van der Waals surface area contributed by atoms with E-state index in [0.717, 1.165) is 0 Å². The molecule has 2 N–H and O–H groups in total. The van der Waals surface area contributed by atoms with Crippen molar-refractivity contribution in [2.45, 2.75) is 19.4 Å². The van der Waals surface area contributed by atoms with E-state index in [1.54, 1.807) is 13.8 Å². The van der Waals surface area contributed by atoms with Crippen LogP contribution in [-0.2, 0) is 9.84 Å². The highest BCUT2D eigenvalue weighted by molar-refractivity contribution is 7.91. The third kappa shape index (κ3) is 8.21. The molecular formula is C8H20N2O2S. The summed E-state index contributed by atoms with van der Waals surface area (Å²) >= 11 is 0. The Bertz CT molecular complexity index is 239. The molecular weight excluding hydrogens is 188 g/mol. The van der Waals surface area contributed by atoms with Gasteiger partial charge in [-0.2, -0.15) is 0 Å². The molecule has 0 unspecified atom stereocenters. The molecule has 0 radical (unpaired) electrons. The second-order valence-electron chi connectivity index (χ2n) is 4.38. The van der Waals surface area contributed by atoms with Crippen molar-refractivity contribution in [2.24, 2.45) is 5.73 Å². The molecule has 0 bridgehead atoms. The number of rotatable bonds is 5. The average molecular weight is 208 g/mol. The van der Waals surface area contributed by atoms with E-state index in [0.29, 0.717) is 6.54 Å². The van der Waals surface area contributed by atoms with Gasteiger partial charge in [0.15, 0.2) is 9.84 Å². The summed E-state index contributed by atoms with van der Waals surface area (Å²) in [7, 11) is 0.700. The molecule has 0 fully saturated rings. The largest absolute Gasteiger partial charge is 0.325 e. The van der Waals surface area contributed by atoms with Crippen LogP contribution in [0.15, 0.2) is 0 Å². The molecule has 0 aromatic carbocycles. The topological polar surface area (TPSA) is 63.4 Å². The van der Waals surface area contributed by atoms with Crippen LogP contribution in [-0.4, -0.2) is 51.0 Å². The fourth-order valence-corrected chi connectivity index (χ4v) is 2.88. The summed E-state index contributed by atoms with van der Waals surface area (Å²) in [5.74, 6) is 0.231. The maximum atomic E-state index is 11.4. The van der Waals surface area contributed by atoms with E-state index in [9.17, 15) is 8.42 Å². The van der Waals surface area contributed by atoms with Gasteiger partial charge in [-0.1, -0.05) is 0 Å². The second kappa shape index (κ2) is 4.39. The maximum Gasteiger partial charge on any atom is 0.153 e. The molecule has 0 atom stereocenters. The van der Waals surface area contributed by atoms with Gasteiger partial charge in [-0.05, 0) is 27.9 Å². The first-order valence-electron chi connectivity index (χ1n) is 4.26. The zero-order valence-electron chi connectivity index (χ0n) is 8.87. The van der Waals surface area contributed by atoms with Crippen molar-refractivity contribution in [2.75, 3.05) is 32.1 Å². The Morgan fingerprint density at radius 2 is 1.77 bits per heavy atom. The molecule has 0 aliphatic rings. The number of hydrogen-bond donors (Lipinski definition) is 1. The number of nitrogens with two attached hydrogens (primary N) is 1. The van der Waals surface area contributed by atoms with Crippen LogP contribution in [0.5, 0.6) is 0 Å². The van der Waals surface area contributed by atoms with Gasteiger partial charge >= 0.3 is 0 Å². The van der Waals surface area contributed by atoms with Crippen LogP contribution in [0.4, 0.5) is 0 Å². The maximum absolute atomic E-state index is 11.4. The summed E-state index contributed by atoms with van der Waals surface area (Å²) in [6, 6.07) is 0. The van der Waals surface area contributed by atoms with Crippen molar-refractivity contribution in [1.29, 1.82) is 0 Å². The molecule has 0 heterocycles. The highest BCUT2D eigenvalue weighted by atomic mass is 32.2. The number of nitrogens with zero attached hydrogens (tertiary/aromatic N) is 1. The molecule has 4 nitrogen and oxygen atoms in total. The zero-order chi connectivity index (χ0) is 10.7. The quantitative estimate of drug-likeness (QED) is 0.674. The van der Waals surface area contributed by atoms with Crippen molar-refractivity contribution in [3.8, 4) is 0 Å². The molecule has 0 aromatic heterocycles. The van der Waals surface area contributed by atoms with Crippen molar-refractivity contribution in [3.63, 3.8) is 0 Å². The molecule has 0 saturated heterocycles. The zero-order valence-corrected chi connectivity index (χ0v) is 9.69. The highest BCUT2D eigenvalue weighted by Gasteiger charge is 2.21. The van der Waals surface area contributed by atoms with Gasteiger partial charge in [0.05, 0.1) is 11.5 Å². The summed E-state index contributed by atoms with van der Waals surface area (Å²) in [6.45, 7) is 4.00. The van der Waals surface area contributed by atoms with Crippen LogP contribution < -0.4 is 5.73 Å². The van der Waals surface area contributed by atoms with Gasteiger partial charge in [0.2, 0.25) is 0 Å². The van der Waals surface area contributed by atoms with E-state index in [4.69, 9.17) is 5.73 Å². The summed E-state index contributed by atoms with van der Waals surface area (Å²) in [4.78, 5) is 1.85. The molecule has 0 aliphatic heterocycles. The van der Waals surface area contributed by atoms with E-state index < -0.39 is 15.4 Å². The third-order valence-electron chi connectivity index (χ3n) is 1.44. The standard InChI is InChI=1S/C8H20N2O2S/c1-8(2,9)7-13(11,12)6-5-10(3)4/h5-7,9H2,1-4H3. The van der Waals surface area contributed by atoms with Gasteiger partial charge in [-0.3, -0.25) is 0 Å². The van der Waals surface area contributed by atoms with Crippen LogP contribution in [0.1, 0.15) is 13.8 Å². The summed E-state index contributed by atoms with van der Waals surface area (Å²) < 4.78 is 22.9. The summed E-state index contributed by atoms with van der Waals surface area (Å²) in [5, 5.41) is 0. The minimum absolute atomic E-state index is 0.0494. The van der Waals surface area contributed by atoms with Crippen LogP contribution >= 0.6 is 0 Å². The fraction of sp³-hybridized carbons (Fsp3) is 1.00. The average Bonchev–Trinajstić information content (AvgIpc) is 1.78. The predicted molar refractivity (Wildman–Crippen MR) is 55.5 cm³/mol. The lowest BCUT2D eigenvalue weighted by Crippen LogP contribution is -2.41. The van der Waals surface area contributed by atoms with Gasteiger partial charge in [-0.15, -0.1) is 0 Å². The minimum atomic E-state index is -3.00. The molecule has 80 valence electrons. The first-order valence-corrected chi connectivity index (χ1v) is 6.08. The molecule has 0 aliphatic carbocycles. The SMILES string of the molecule is CN(C)CCS(=O)(=O)CC(C)(C)N. The molecule has 0 saturated carbocycles. The Balaban J connectivity index is 4.11. The van der Waals surface area contributed by atoms with Gasteiger partial charge in [0.25, 0.3) is 0 Å². The van der Waals surface area contributed by atoms with E-state index in [1.165, 1.54) is 0 Å². The molecule has 0 amide bonds. The van der Waals surface area contributed by atoms with E-state index in [2.05, 4.69) is 0 Å². The van der Waals surface area contributed by atoms with Crippen LogP contribution in [0, 0.1) is 0 Å². The van der Waals surface area contributed by atoms with E-state index >= 15 is 0 Å². The van der Waals surface area contributed by atoms with E-state index in [-0.39, 0.29) is 11.5 Å². The lowest BCUT2D eigenvalue weighted by molar-refractivity contribution is 0.431. The van der Waals surface area contributed by atoms with Crippen molar-refractivity contribution < 1.29 is 8.42 Å². The first-order chi connectivity index (χ1) is 5.62. The highest BCUT2D eigenvalue weighted by Crippen LogP contribution is 2.03. The van der Waals surface area contributed by atoms with Crippen molar-refractivity contribution in [3.05, 3.63) is 0 Å². The Morgan fingerprint density at radius 1 is 1.31 bits per heavy atom. The smallest absolute Gasteiger partial charge is 0.153 e. The first kappa shape index (κ1) is 12.9. The minimum Gasteiger partial charge on any atom is -0.325 e.